The molecule has 156 valence electrons. The zero-order valence-corrected chi connectivity index (χ0v) is 18.8. The Hall–Kier alpha value is -2.41. The van der Waals surface area contributed by atoms with Gasteiger partial charge in [0.15, 0.2) is 0 Å². The fourth-order valence-corrected chi connectivity index (χ4v) is 5.01. The molecule has 4 rings (SSSR count). The van der Waals surface area contributed by atoms with Crippen LogP contribution in [0.15, 0.2) is 36.4 Å². The Bertz CT molecular complexity index is 1050. The Labute approximate surface area is 185 Å². The number of methoxy groups -OCH3 is 1. The van der Waals surface area contributed by atoms with Gasteiger partial charge < -0.3 is 14.4 Å². The lowest BCUT2D eigenvalue weighted by Crippen LogP contribution is -2.35. The summed E-state index contributed by atoms with van der Waals surface area (Å²) in [6.45, 7) is 6.74. The van der Waals surface area contributed by atoms with Gasteiger partial charge in [-0.1, -0.05) is 23.7 Å². The van der Waals surface area contributed by atoms with Crippen molar-refractivity contribution in [1.82, 2.24) is 4.98 Å². The van der Waals surface area contributed by atoms with Crippen molar-refractivity contribution in [2.24, 2.45) is 0 Å². The van der Waals surface area contributed by atoms with E-state index in [0.717, 1.165) is 34.8 Å². The molecule has 1 aromatic carbocycles. The molecule has 1 aliphatic rings. The summed E-state index contributed by atoms with van der Waals surface area (Å²) in [6.07, 6.45) is 0. The molecule has 2 aromatic heterocycles. The second-order valence-electron chi connectivity index (χ2n) is 7.21. The van der Waals surface area contributed by atoms with Crippen molar-refractivity contribution in [3.8, 4) is 16.9 Å². The van der Waals surface area contributed by atoms with E-state index in [4.69, 9.17) is 21.1 Å². The summed E-state index contributed by atoms with van der Waals surface area (Å²) in [5, 5.41) is 1.76. The molecule has 7 heteroatoms. The molecule has 0 bridgehead atoms. The van der Waals surface area contributed by atoms with Crippen LogP contribution in [0, 0.1) is 13.8 Å². The molecule has 1 saturated heterocycles. The van der Waals surface area contributed by atoms with Crippen LogP contribution in [0.25, 0.3) is 11.1 Å². The molecule has 0 spiro atoms. The van der Waals surface area contributed by atoms with Gasteiger partial charge in [-0.3, -0.25) is 4.79 Å². The highest BCUT2D eigenvalue weighted by Crippen LogP contribution is 2.40. The Morgan fingerprint density at radius 2 is 1.87 bits per heavy atom. The predicted molar refractivity (Wildman–Crippen MR) is 121 cm³/mol. The maximum atomic E-state index is 13.3. The van der Waals surface area contributed by atoms with E-state index in [1.54, 1.807) is 13.2 Å². The van der Waals surface area contributed by atoms with Crippen LogP contribution in [-0.4, -0.2) is 44.2 Å². The molecule has 0 aliphatic carbocycles. The summed E-state index contributed by atoms with van der Waals surface area (Å²) in [7, 11) is 1.62. The van der Waals surface area contributed by atoms with E-state index in [1.807, 2.05) is 44.2 Å². The van der Waals surface area contributed by atoms with Gasteiger partial charge in [-0.05, 0) is 49.2 Å². The topological polar surface area (TPSA) is 51.7 Å². The first-order valence-corrected chi connectivity index (χ1v) is 11.0. The highest BCUT2D eigenvalue weighted by atomic mass is 35.5. The zero-order chi connectivity index (χ0) is 21.3. The van der Waals surface area contributed by atoms with E-state index in [0.29, 0.717) is 40.3 Å². The number of anilines is 1. The number of hydrogen-bond donors (Lipinski definition) is 0. The Morgan fingerprint density at radius 3 is 2.50 bits per heavy atom. The second kappa shape index (κ2) is 8.76. The molecule has 0 amide bonds. The number of halogens is 1. The van der Waals surface area contributed by atoms with Crippen molar-refractivity contribution in [3.63, 3.8) is 0 Å². The molecular formula is C23H23ClN2O3S. The largest absolute Gasteiger partial charge is 0.495 e. The molecule has 0 saturated carbocycles. The standard InChI is InChI=1S/C23H23ClN2O3S/c1-14-12-19(25-15(2)22(14)28-3)21(27)20-13-18(16-4-6-17(24)7-5-16)23(30-20)26-8-10-29-11-9-26/h4-7,12-13H,8-11H2,1-3H3. The van der Waals surface area contributed by atoms with Gasteiger partial charge in [0.2, 0.25) is 5.78 Å². The van der Waals surface area contributed by atoms with Gasteiger partial charge in [0.05, 0.1) is 35.9 Å². The van der Waals surface area contributed by atoms with E-state index in [-0.39, 0.29) is 5.78 Å². The van der Waals surface area contributed by atoms with Crippen molar-refractivity contribution in [2.75, 3.05) is 38.3 Å². The van der Waals surface area contributed by atoms with Crippen molar-refractivity contribution in [2.45, 2.75) is 13.8 Å². The third kappa shape index (κ3) is 4.08. The number of thiophene rings is 1. The van der Waals surface area contributed by atoms with Gasteiger partial charge in [-0.15, -0.1) is 11.3 Å². The molecule has 1 aliphatic heterocycles. The molecule has 0 unspecified atom stereocenters. The molecule has 0 atom stereocenters. The lowest BCUT2D eigenvalue weighted by atomic mass is 10.1. The van der Waals surface area contributed by atoms with Crippen molar-refractivity contribution < 1.29 is 14.3 Å². The van der Waals surface area contributed by atoms with Gasteiger partial charge in [0.25, 0.3) is 0 Å². The highest BCUT2D eigenvalue weighted by molar-refractivity contribution is 7.18. The van der Waals surface area contributed by atoms with Gasteiger partial charge in [0, 0.05) is 23.7 Å². The normalized spacial score (nSPS) is 14.1. The number of rotatable bonds is 5. The number of ether oxygens (including phenoxy) is 2. The lowest BCUT2D eigenvalue weighted by Gasteiger charge is -2.28. The van der Waals surface area contributed by atoms with Gasteiger partial charge >= 0.3 is 0 Å². The van der Waals surface area contributed by atoms with Crippen LogP contribution in [0.4, 0.5) is 5.00 Å². The summed E-state index contributed by atoms with van der Waals surface area (Å²) >= 11 is 7.59. The third-order valence-electron chi connectivity index (χ3n) is 5.15. The first-order chi connectivity index (χ1) is 14.5. The average molecular weight is 443 g/mol. The number of aryl methyl sites for hydroxylation is 2. The zero-order valence-electron chi connectivity index (χ0n) is 17.2. The maximum Gasteiger partial charge on any atom is 0.221 e. The van der Waals surface area contributed by atoms with Crippen LogP contribution in [0.2, 0.25) is 5.02 Å². The molecule has 3 aromatic rings. The SMILES string of the molecule is COc1c(C)cc(C(=O)c2cc(-c3ccc(Cl)cc3)c(N3CCOCC3)s2)nc1C. The average Bonchev–Trinajstić information content (AvgIpc) is 3.19. The fraction of sp³-hybridized carbons (Fsp3) is 0.304. The molecule has 30 heavy (non-hydrogen) atoms. The lowest BCUT2D eigenvalue weighted by molar-refractivity contribution is 0.103. The monoisotopic (exact) mass is 442 g/mol. The number of carbonyl (C=O) groups is 1. The number of hydrogen-bond acceptors (Lipinski definition) is 6. The Morgan fingerprint density at radius 1 is 1.17 bits per heavy atom. The quantitative estimate of drug-likeness (QED) is 0.511. The van der Waals surface area contributed by atoms with E-state index in [2.05, 4.69) is 9.88 Å². The van der Waals surface area contributed by atoms with E-state index >= 15 is 0 Å². The maximum absolute atomic E-state index is 13.3. The summed E-state index contributed by atoms with van der Waals surface area (Å²) in [4.78, 5) is 20.8. The van der Waals surface area contributed by atoms with Crippen LogP contribution < -0.4 is 9.64 Å². The third-order valence-corrected chi connectivity index (χ3v) is 6.60. The van der Waals surface area contributed by atoms with Crippen molar-refractivity contribution >= 4 is 33.7 Å². The number of benzene rings is 1. The summed E-state index contributed by atoms with van der Waals surface area (Å²) < 4.78 is 10.9. The van der Waals surface area contributed by atoms with Crippen molar-refractivity contribution in [1.29, 1.82) is 0 Å². The van der Waals surface area contributed by atoms with Crippen LogP contribution in [-0.2, 0) is 4.74 Å². The molecule has 1 fully saturated rings. The Kier molecular flexibility index (Phi) is 6.09. The number of aromatic nitrogens is 1. The number of morpholine rings is 1. The molecule has 3 heterocycles. The first kappa shape index (κ1) is 20.8. The molecule has 0 N–H and O–H groups in total. The van der Waals surface area contributed by atoms with Gasteiger partial charge in [-0.2, -0.15) is 0 Å². The smallest absolute Gasteiger partial charge is 0.221 e. The van der Waals surface area contributed by atoms with E-state index in [9.17, 15) is 4.79 Å². The number of pyridine rings is 1. The molecule has 0 radical (unpaired) electrons. The minimum Gasteiger partial charge on any atom is -0.495 e. The van der Waals surface area contributed by atoms with Crippen LogP contribution in [0.1, 0.15) is 26.6 Å². The van der Waals surface area contributed by atoms with Gasteiger partial charge in [0.1, 0.15) is 11.4 Å². The molecular weight excluding hydrogens is 420 g/mol. The molecule has 5 nitrogen and oxygen atoms in total. The minimum atomic E-state index is -0.0800. The Balaban J connectivity index is 1.77. The van der Waals surface area contributed by atoms with Gasteiger partial charge in [-0.25, -0.2) is 4.98 Å². The predicted octanol–water partition coefficient (Wildman–Crippen LogP) is 5.16. The number of nitrogens with zero attached hydrogens (tertiary/aromatic N) is 2. The van der Waals surface area contributed by atoms with E-state index < -0.39 is 0 Å². The second-order valence-corrected chi connectivity index (χ2v) is 8.68. The highest BCUT2D eigenvalue weighted by Gasteiger charge is 2.24. The first-order valence-electron chi connectivity index (χ1n) is 9.77. The summed E-state index contributed by atoms with van der Waals surface area (Å²) in [5.41, 5.74) is 4.11. The fourth-order valence-electron chi connectivity index (χ4n) is 3.70. The van der Waals surface area contributed by atoms with Crippen LogP contribution in [0.3, 0.4) is 0 Å². The minimum absolute atomic E-state index is 0.0800. The summed E-state index contributed by atoms with van der Waals surface area (Å²) in [5.74, 6) is 0.636. The van der Waals surface area contributed by atoms with E-state index in [1.165, 1.54) is 11.3 Å². The summed E-state index contributed by atoms with van der Waals surface area (Å²) in [6, 6.07) is 11.5. The van der Waals surface area contributed by atoms with Crippen LogP contribution >= 0.6 is 22.9 Å². The number of ketones is 1. The van der Waals surface area contributed by atoms with Crippen molar-refractivity contribution in [3.05, 3.63) is 63.2 Å². The number of carbonyl (C=O) groups excluding carboxylic acids is 1. The van der Waals surface area contributed by atoms with Crippen LogP contribution in [0.5, 0.6) is 5.75 Å².